The van der Waals surface area contributed by atoms with Crippen molar-refractivity contribution in [1.29, 1.82) is 0 Å². The van der Waals surface area contributed by atoms with E-state index in [-0.39, 0.29) is 0 Å². The Hall–Kier alpha value is -1.39. The van der Waals surface area contributed by atoms with Crippen molar-refractivity contribution in [2.45, 2.75) is 27.3 Å². The number of halogens is 1. The normalized spacial score (nSPS) is 10.7. The van der Waals surface area contributed by atoms with Gasteiger partial charge in [0.2, 0.25) is 5.88 Å². The van der Waals surface area contributed by atoms with Crippen LogP contribution in [0.1, 0.15) is 22.3 Å². The highest BCUT2D eigenvalue weighted by molar-refractivity contribution is 9.10. The van der Waals surface area contributed by atoms with Crippen LogP contribution in [0.3, 0.4) is 0 Å². The van der Waals surface area contributed by atoms with Crippen molar-refractivity contribution < 1.29 is 4.74 Å². The third kappa shape index (κ3) is 3.38. The fraction of sp³-hybridized carbons (Fsp3) is 0.312. The van der Waals surface area contributed by atoms with Crippen LogP contribution in [0.25, 0.3) is 0 Å². The third-order valence-electron chi connectivity index (χ3n) is 3.23. The summed E-state index contributed by atoms with van der Waals surface area (Å²) in [6, 6.07) is 6.23. The van der Waals surface area contributed by atoms with Crippen molar-refractivity contribution in [3.63, 3.8) is 0 Å². The van der Waals surface area contributed by atoms with E-state index in [4.69, 9.17) is 4.74 Å². The molecule has 20 heavy (non-hydrogen) atoms. The molecular weight excluding hydrogens is 316 g/mol. The highest BCUT2D eigenvalue weighted by atomic mass is 79.9. The lowest BCUT2D eigenvalue weighted by molar-refractivity contribution is 0.450. The summed E-state index contributed by atoms with van der Waals surface area (Å²) in [6.45, 7) is 6.95. The fourth-order valence-electron chi connectivity index (χ4n) is 2.09. The van der Waals surface area contributed by atoms with Gasteiger partial charge in [-0.15, -0.1) is 0 Å². The van der Waals surface area contributed by atoms with Crippen LogP contribution >= 0.6 is 15.9 Å². The molecule has 4 heteroatoms. The van der Waals surface area contributed by atoms with Gasteiger partial charge in [-0.1, -0.05) is 6.07 Å². The van der Waals surface area contributed by atoms with Crippen LogP contribution in [0.2, 0.25) is 0 Å². The van der Waals surface area contributed by atoms with E-state index in [0.29, 0.717) is 12.4 Å². The lowest BCUT2D eigenvalue weighted by atomic mass is 10.1. The van der Waals surface area contributed by atoms with Gasteiger partial charge in [0.05, 0.1) is 0 Å². The van der Waals surface area contributed by atoms with Gasteiger partial charge in [0, 0.05) is 22.8 Å². The van der Waals surface area contributed by atoms with E-state index in [0.717, 1.165) is 21.3 Å². The Bertz CT molecular complexity index is 626. The minimum atomic E-state index is 0.649. The van der Waals surface area contributed by atoms with Crippen molar-refractivity contribution in [2.75, 3.05) is 7.05 Å². The molecule has 0 saturated heterocycles. The Balaban J connectivity index is 2.39. The summed E-state index contributed by atoms with van der Waals surface area (Å²) in [5, 5.41) is 3.13. The number of aromatic nitrogens is 1. The largest absolute Gasteiger partial charge is 0.438 e. The van der Waals surface area contributed by atoms with E-state index in [1.807, 2.05) is 13.1 Å². The van der Waals surface area contributed by atoms with Crippen molar-refractivity contribution >= 4 is 15.9 Å². The number of hydrogen-bond donors (Lipinski definition) is 1. The van der Waals surface area contributed by atoms with Crippen molar-refractivity contribution in [3.8, 4) is 11.6 Å². The van der Waals surface area contributed by atoms with E-state index in [1.54, 1.807) is 6.20 Å². The summed E-state index contributed by atoms with van der Waals surface area (Å²) in [4.78, 5) is 4.38. The van der Waals surface area contributed by atoms with Gasteiger partial charge in [-0.05, 0) is 72.6 Å². The number of hydrogen-bond acceptors (Lipinski definition) is 3. The first-order valence-corrected chi connectivity index (χ1v) is 7.35. The number of rotatable bonds is 4. The van der Waals surface area contributed by atoms with Crippen LogP contribution in [0, 0.1) is 20.8 Å². The highest BCUT2D eigenvalue weighted by Crippen LogP contribution is 2.30. The summed E-state index contributed by atoms with van der Waals surface area (Å²) in [7, 11) is 1.91. The van der Waals surface area contributed by atoms with E-state index >= 15 is 0 Å². The van der Waals surface area contributed by atoms with Crippen LogP contribution in [-0.4, -0.2) is 12.0 Å². The molecule has 0 amide bonds. The van der Waals surface area contributed by atoms with Crippen molar-refractivity contribution in [2.24, 2.45) is 0 Å². The number of ether oxygens (including phenoxy) is 1. The van der Waals surface area contributed by atoms with Gasteiger partial charge in [-0.2, -0.15) is 0 Å². The second-order valence-electron chi connectivity index (χ2n) is 4.96. The lowest BCUT2D eigenvalue weighted by Crippen LogP contribution is -2.07. The SMILES string of the molecule is CNCc1cc(Br)cnc1Oc1cc(C)cc(C)c1C. The molecule has 1 aromatic heterocycles. The van der Waals surface area contributed by atoms with Crippen LogP contribution in [0.15, 0.2) is 28.9 Å². The molecule has 0 bridgehead atoms. The second-order valence-corrected chi connectivity index (χ2v) is 5.87. The van der Waals surface area contributed by atoms with Crippen LogP contribution in [-0.2, 0) is 6.54 Å². The average Bonchev–Trinajstić information content (AvgIpc) is 2.38. The third-order valence-corrected chi connectivity index (χ3v) is 3.66. The number of pyridine rings is 1. The first-order chi connectivity index (χ1) is 9.51. The molecule has 0 aliphatic carbocycles. The molecule has 106 valence electrons. The van der Waals surface area contributed by atoms with Gasteiger partial charge >= 0.3 is 0 Å². The second kappa shape index (κ2) is 6.37. The number of nitrogens with zero attached hydrogens (tertiary/aromatic N) is 1. The van der Waals surface area contributed by atoms with Gasteiger partial charge in [0.15, 0.2) is 0 Å². The zero-order valence-corrected chi connectivity index (χ0v) is 13.8. The molecule has 0 fully saturated rings. The Morgan fingerprint density at radius 3 is 2.65 bits per heavy atom. The molecule has 0 aliphatic heterocycles. The van der Waals surface area contributed by atoms with Crippen LogP contribution in [0.5, 0.6) is 11.6 Å². The Morgan fingerprint density at radius 2 is 1.95 bits per heavy atom. The van der Waals surface area contributed by atoms with E-state index in [2.05, 4.69) is 59.1 Å². The molecule has 1 N–H and O–H groups in total. The smallest absolute Gasteiger partial charge is 0.223 e. The average molecular weight is 335 g/mol. The first-order valence-electron chi connectivity index (χ1n) is 6.56. The van der Waals surface area contributed by atoms with Gasteiger partial charge in [-0.3, -0.25) is 0 Å². The molecule has 1 heterocycles. The maximum Gasteiger partial charge on any atom is 0.223 e. The molecule has 0 spiro atoms. The van der Waals surface area contributed by atoms with E-state index < -0.39 is 0 Å². The topological polar surface area (TPSA) is 34.2 Å². The van der Waals surface area contributed by atoms with Gasteiger partial charge in [-0.25, -0.2) is 4.98 Å². The molecule has 0 atom stereocenters. The minimum Gasteiger partial charge on any atom is -0.438 e. The summed E-state index contributed by atoms with van der Waals surface area (Å²) in [5.41, 5.74) is 4.60. The Kier molecular flexibility index (Phi) is 4.78. The van der Waals surface area contributed by atoms with Gasteiger partial charge < -0.3 is 10.1 Å². The zero-order chi connectivity index (χ0) is 14.7. The van der Waals surface area contributed by atoms with Gasteiger partial charge in [0.25, 0.3) is 0 Å². The van der Waals surface area contributed by atoms with Crippen molar-refractivity contribution in [3.05, 3.63) is 51.1 Å². The number of nitrogens with one attached hydrogen (secondary N) is 1. The molecular formula is C16H19BrN2O. The molecule has 0 saturated carbocycles. The lowest BCUT2D eigenvalue weighted by Gasteiger charge is -2.14. The molecule has 3 nitrogen and oxygen atoms in total. The Labute approximate surface area is 128 Å². The van der Waals surface area contributed by atoms with Gasteiger partial charge in [0.1, 0.15) is 5.75 Å². The maximum absolute atomic E-state index is 6.04. The monoisotopic (exact) mass is 334 g/mol. The number of aryl methyl sites for hydroxylation is 2. The van der Waals surface area contributed by atoms with Crippen LogP contribution < -0.4 is 10.1 Å². The summed E-state index contributed by atoms with van der Waals surface area (Å²) in [6.07, 6.45) is 1.76. The molecule has 0 unspecified atom stereocenters. The molecule has 2 aromatic rings. The first kappa shape index (κ1) is 15.0. The summed E-state index contributed by atoms with van der Waals surface area (Å²) < 4.78 is 6.99. The standard InChI is InChI=1S/C16H19BrN2O/c1-10-5-11(2)12(3)15(6-10)20-16-13(8-18-4)7-14(17)9-19-16/h5-7,9,18H,8H2,1-4H3. The predicted octanol–water partition coefficient (Wildman–Crippen LogP) is 4.28. The van der Waals surface area contributed by atoms with Crippen molar-refractivity contribution in [1.82, 2.24) is 10.3 Å². The molecule has 0 aliphatic rings. The number of benzene rings is 1. The minimum absolute atomic E-state index is 0.649. The molecule has 1 aromatic carbocycles. The predicted molar refractivity (Wildman–Crippen MR) is 85.4 cm³/mol. The van der Waals surface area contributed by atoms with E-state index in [1.165, 1.54) is 11.1 Å². The quantitative estimate of drug-likeness (QED) is 0.905. The van der Waals surface area contributed by atoms with Crippen LogP contribution in [0.4, 0.5) is 0 Å². The zero-order valence-electron chi connectivity index (χ0n) is 12.2. The molecule has 2 rings (SSSR count). The van der Waals surface area contributed by atoms with E-state index in [9.17, 15) is 0 Å². The molecule has 0 radical (unpaired) electrons. The Morgan fingerprint density at radius 1 is 1.20 bits per heavy atom. The maximum atomic E-state index is 6.04. The summed E-state index contributed by atoms with van der Waals surface area (Å²) >= 11 is 3.44. The fourth-order valence-corrected chi connectivity index (χ4v) is 2.47. The summed E-state index contributed by atoms with van der Waals surface area (Å²) in [5.74, 6) is 1.52. The highest BCUT2D eigenvalue weighted by Gasteiger charge is 2.10.